The maximum atomic E-state index is 5.48. The molecule has 0 radical (unpaired) electrons. The first-order valence-corrected chi connectivity index (χ1v) is 20.0. The molecule has 0 unspecified atom stereocenters. The van der Waals surface area contributed by atoms with Crippen LogP contribution in [0.5, 0.6) is 0 Å². The molecule has 0 fully saturated rings. The van der Waals surface area contributed by atoms with Gasteiger partial charge in [0.15, 0.2) is 0 Å². The summed E-state index contributed by atoms with van der Waals surface area (Å²) in [5, 5.41) is 4.63. The standard InChI is InChI=1S/C55H39N3/c1-55(2)48-31-27-41(34-47(48)45-30-29-44(35-49(45)55)58(42-19-11-5-12-20-42)43-21-13-6-14-22-43)40-26-24-36-23-25-37-28-32-50-54(51(37)46(36)33-40)57-53(39-17-9-4-10-18-39)52(56-50)38-15-7-3-8-16-38/h3-35H,1-2H3. The smallest absolute Gasteiger partial charge is 0.0979 e. The second kappa shape index (κ2) is 13.4. The van der Waals surface area contributed by atoms with Crippen LogP contribution in [-0.4, -0.2) is 9.97 Å². The molecule has 0 bridgehead atoms. The number of benzene rings is 9. The van der Waals surface area contributed by atoms with E-state index in [4.69, 9.17) is 9.97 Å². The van der Waals surface area contributed by atoms with Crippen molar-refractivity contribution in [2.75, 3.05) is 4.90 Å². The lowest BCUT2D eigenvalue weighted by Gasteiger charge is -2.28. The van der Waals surface area contributed by atoms with E-state index in [1.165, 1.54) is 44.2 Å². The summed E-state index contributed by atoms with van der Waals surface area (Å²) < 4.78 is 0. The molecule has 0 saturated heterocycles. The van der Waals surface area contributed by atoms with Crippen molar-refractivity contribution in [3.8, 4) is 44.8 Å². The van der Waals surface area contributed by atoms with Crippen molar-refractivity contribution in [2.24, 2.45) is 0 Å². The topological polar surface area (TPSA) is 29.0 Å². The largest absolute Gasteiger partial charge is 0.310 e. The molecule has 1 aliphatic rings. The fourth-order valence-electron chi connectivity index (χ4n) is 9.09. The number of aromatic nitrogens is 2. The van der Waals surface area contributed by atoms with Crippen LogP contribution in [0.1, 0.15) is 25.0 Å². The molecule has 58 heavy (non-hydrogen) atoms. The van der Waals surface area contributed by atoms with E-state index < -0.39 is 0 Å². The molecule has 3 nitrogen and oxygen atoms in total. The quantitative estimate of drug-likeness (QED) is 0.159. The Morgan fingerprint density at radius 1 is 0.397 bits per heavy atom. The van der Waals surface area contributed by atoms with Crippen LogP contribution in [0.2, 0.25) is 0 Å². The molecule has 0 amide bonds. The minimum absolute atomic E-state index is 0.162. The molecular weight excluding hydrogens is 703 g/mol. The van der Waals surface area contributed by atoms with Gasteiger partial charge in [-0.25, -0.2) is 9.97 Å². The zero-order valence-electron chi connectivity index (χ0n) is 32.4. The Hall–Kier alpha value is -7.36. The summed E-state index contributed by atoms with van der Waals surface area (Å²) in [7, 11) is 0. The normalized spacial score (nSPS) is 12.8. The van der Waals surface area contributed by atoms with Gasteiger partial charge in [-0.2, -0.15) is 0 Å². The maximum absolute atomic E-state index is 5.48. The van der Waals surface area contributed by atoms with E-state index in [2.05, 4.69) is 207 Å². The molecule has 11 rings (SSSR count). The Labute approximate surface area is 338 Å². The summed E-state index contributed by atoms with van der Waals surface area (Å²) in [6.07, 6.45) is 0. The van der Waals surface area contributed by atoms with Crippen molar-refractivity contribution >= 4 is 49.6 Å². The van der Waals surface area contributed by atoms with Gasteiger partial charge in [-0.05, 0) is 104 Å². The fraction of sp³-hybridized carbons (Fsp3) is 0.0545. The third-order valence-electron chi connectivity index (χ3n) is 12.0. The Morgan fingerprint density at radius 3 is 1.62 bits per heavy atom. The molecular formula is C55H39N3. The Morgan fingerprint density at radius 2 is 0.948 bits per heavy atom. The molecule has 0 spiro atoms. The van der Waals surface area contributed by atoms with Gasteiger partial charge in [0.2, 0.25) is 0 Å². The monoisotopic (exact) mass is 741 g/mol. The van der Waals surface area contributed by atoms with Gasteiger partial charge in [-0.15, -0.1) is 0 Å². The lowest BCUT2D eigenvalue weighted by Crippen LogP contribution is -2.16. The summed E-state index contributed by atoms with van der Waals surface area (Å²) in [4.78, 5) is 13.2. The van der Waals surface area contributed by atoms with Gasteiger partial charge in [0.05, 0.1) is 22.4 Å². The highest BCUT2D eigenvalue weighted by Crippen LogP contribution is 2.52. The first kappa shape index (κ1) is 33.9. The number of hydrogen-bond acceptors (Lipinski definition) is 3. The van der Waals surface area contributed by atoms with Crippen LogP contribution in [0.4, 0.5) is 17.1 Å². The zero-order valence-corrected chi connectivity index (χ0v) is 32.4. The van der Waals surface area contributed by atoms with E-state index in [9.17, 15) is 0 Å². The molecule has 0 saturated carbocycles. The zero-order chi connectivity index (χ0) is 38.8. The van der Waals surface area contributed by atoms with Crippen molar-refractivity contribution in [2.45, 2.75) is 19.3 Å². The highest BCUT2D eigenvalue weighted by Gasteiger charge is 2.36. The third-order valence-corrected chi connectivity index (χ3v) is 12.0. The molecule has 1 heterocycles. The Balaban J connectivity index is 1.05. The van der Waals surface area contributed by atoms with E-state index in [1.54, 1.807) is 0 Å². The van der Waals surface area contributed by atoms with Gasteiger partial charge in [0, 0.05) is 39.0 Å². The molecule has 3 heteroatoms. The molecule has 0 N–H and O–H groups in total. The van der Waals surface area contributed by atoms with Crippen LogP contribution in [0.15, 0.2) is 200 Å². The molecule has 9 aromatic carbocycles. The number of para-hydroxylation sites is 2. The molecule has 274 valence electrons. The summed E-state index contributed by atoms with van der Waals surface area (Å²) in [5.74, 6) is 0. The highest BCUT2D eigenvalue weighted by atomic mass is 15.1. The molecule has 0 atom stereocenters. The van der Waals surface area contributed by atoms with Crippen LogP contribution in [0.3, 0.4) is 0 Å². The highest BCUT2D eigenvalue weighted by molar-refractivity contribution is 6.19. The molecule has 10 aromatic rings. The van der Waals surface area contributed by atoms with Crippen LogP contribution in [0, 0.1) is 0 Å². The lowest BCUT2D eigenvalue weighted by molar-refractivity contribution is 0.660. The van der Waals surface area contributed by atoms with Gasteiger partial charge >= 0.3 is 0 Å². The van der Waals surface area contributed by atoms with E-state index >= 15 is 0 Å². The third kappa shape index (κ3) is 5.50. The van der Waals surface area contributed by atoms with Gasteiger partial charge in [-0.1, -0.05) is 159 Å². The van der Waals surface area contributed by atoms with Crippen LogP contribution < -0.4 is 4.90 Å². The summed E-state index contributed by atoms with van der Waals surface area (Å²) in [6, 6.07) is 71.8. The predicted octanol–water partition coefficient (Wildman–Crippen LogP) is 14.7. The lowest BCUT2D eigenvalue weighted by atomic mass is 9.82. The van der Waals surface area contributed by atoms with Gasteiger partial charge in [0.1, 0.15) is 0 Å². The molecule has 1 aliphatic carbocycles. The van der Waals surface area contributed by atoms with E-state index in [-0.39, 0.29) is 5.41 Å². The number of fused-ring (bicyclic) bond motifs is 8. The average Bonchev–Trinajstić information content (AvgIpc) is 3.51. The number of rotatable bonds is 6. The Bertz CT molecular complexity index is 3130. The number of hydrogen-bond donors (Lipinski definition) is 0. The second-order valence-corrected chi connectivity index (χ2v) is 15.8. The summed E-state index contributed by atoms with van der Waals surface area (Å²) >= 11 is 0. The Kier molecular flexibility index (Phi) is 7.84. The van der Waals surface area contributed by atoms with Crippen molar-refractivity contribution in [3.63, 3.8) is 0 Å². The minimum Gasteiger partial charge on any atom is -0.310 e. The van der Waals surface area contributed by atoms with E-state index in [0.717, 1.165) is 61.4 Å². The van der Waals surface area contributed by atoms with Crippen molar-refractivity contribution in [1.82, 2.24) is 9.97 Å². The average molecular weight is 742 g/mol. The van der Waals surface area contributed by atoms with Crippen LogP contribution >= 0.6 is 0 Å². The van der Waals surface area contributed by atoms with Crippen molar-refractivity contribution in [3.05, 3.63) is 211 Å². The van der Waals surface area contributed by atoms with E-state index in [1.807, 2.05) is 12.1 Å². The SMILES string of the molecule is CC1(C)c2ccc(-c3ccc4ccc5ccc6nc(-c7ccccc7)c(-c7ccccc7)nc6c5c4c3)cc2-c2ccc(N(c3ccccc3)c3ccccc3)cc21. The summed E-state index contributed by atoms with van der Waals surface area (Å²) in [6.45, 7) is 4.72. The molecule has 1 aromatic heterocycles. The molecule has 0 aliphatic heterocycles. The van der Waals surface area contributed by atoms with E-state index in [0.29, 0.717) is 0 Å². The van der Waals surface area contributed by atoms with Crippen LogP contribution in [0.25, 0.3) is 77.3 Å². The first-order valence-electron chi connectivity index (χ1n) is 20.0. The van der Waals surface area contributed by atoms with Gasteiger partial charge in [-0.3, -0.25) is 0 Å². The fourth-order valence-corrected chi connectivity index (χ4v) is 9.09. The summed E-state index contributed by atoms with van der Waals surface area (Å²) in [5.41, 5.74) is 16.6. The van der Waals surface area contributed by atoms with Crippen molar-refractivity contribution in [1.29, 1.82) is 0 Å². The number of nitrogens with zero attached hydrogens (tertiary/aromatic N) is 3. The maximum Gasteiger partial charge on any atom is 0.0979 e. The minimum atomic E-state index is -0.162. The predicted molar refractivity (Wildman–Crippen MR) is 243 cm³/mol. The first-order chi connectivity index (χ1) is 28.5. The second-order valence-electron chi connectivity index (χ2n) is 15.8. The van der Waals surface area contributed by atoms with Crippen LogP contribution in [-0.2, 0) is 5.41 Å². The van der Waals surface area contributed by atoms with Gasteiger partial charge < -0.3 is 4.90 Å². The number of anilines is 3. The van der Waals surface area contributed by atoms with Crippen molar-refractivity contribution < 1.29 is 0 Å². The van der Waals surface area contributed by atoms with Gasteiger partial charge in [0.25, 0.3) is 0 Å².